The number of pyridine rings is 1. The number of hydrogen-bond acceptors (Lipinski definition) is 3. The van der Waals surface area contributed by atoms with Crippen LogP contribution in [-0.2, 0) is 6.42 Å². The molecule has 0 aliphatic carbocycles. The Hall–Kier alpha value is -0.890. The molecule has 1 aliphatic heterocycles. The van der Waals surface area contributed by atoms with Gasteiger partial charge in [-0.3, -0.25) is 14.9 Å². The highest BCUT2D eigenvalue weighted by Gasteiger charge is 2.19. The molecule has 2 rings (SSSR count). The van der Waals surface area contributed by atoms with Gasteiger partial charge < -0.3 is 10.6 Å². The van der Waals surface area contributed by atoms with Crippen molar-refractivity contribution in [1.29, 1.82) is 0 Å². The van der Waals surface area contributed by atoms with Crippen molar-refractivity contribution in [2.75, 3.05) is 32.7 Å². The Balaban J connectivity index is 0.00000312. The Labute approximate surface area is 170 Å². The van der Waals surface area contributed by atoms with Crippen LogP contribution in [0.3, 0.4) is 0 Å². The third-order valence-electron chi connectivity index (χ3n) is 4.70. The second kappa shape index (κ2) is 12.5. The minimum absolute atomic E-state index is 0. The Kier molecular flexibility index (Phi) is 11.0. The number of piperidine rings is 1. The number of aliphatic imine (C=N–C) groups is 1. The first-order valence-corrected chi connectivity index (χ1v) is 9.35. The number of guanidine groups is 1. The second-order valence-corrected chi connectivity index (χ2v) is 6.78. The van der Waals surface area contributed by atoms with Crippen LogP contribution in [0.5, 0.6) is 0 Å². The van der Waals surface area contributed by atoms with Gasteiger partial charge in [-0.05, 0) is 57.8 Å². The molecular formula is C19H34IN5. The van der Waals surface area contributed by atoms with Crippen LogP contribution in [0.2, 0.25) is 0 Å². The molecule has 1 aromatic rings. The van der Waals surface area contributed by atoms with Crippen molar-refractivity contribution in [2.24, 2.45) is 10.9 Å². The van der Waals surface area contributed by atoms with E-state index in [1.54, 1.807) is 0 Å². The van der Waals surface area contributed by atoms with Crippen LogP contribution in [-0.4, -0.2) is 54.6 Å². The molecule has 0 saturated carbocycles. The van der Waals surface area contributed by atoms with Crippen molar-refractivity contribution in [3.8, 4) is 0 Å². The Morgan fingerprint density at radius 3 is 2.72 bits per heavy atom. The number of aromatic nitrogens is 1. The van der Waals surface area contributed by atoms with E-state index >= 15 is 0 Å². The van der Waals surface area contributed by atoms with Crippen LogP contribution >= 0.6 is 24.0 Å². The zero-order valence-corrected chi connectivity index (χ0v) is 18.2. The zero-order valence-electron chi connectivity index (χ0n) is 15.9. The van der Waals surface area contributed by atoms with E-state index < -0.39 is 0 Å². The van der Waals surface area contributed by atoms with Crippen molar-refractivity contribution in [2.45, 2.75) is 46.1 Å². The Morgan fingerprint density at radius 1 is 1.32 bits per heavy atom. The molecule has 0 amide bonds. The fraction of sp³-hybridized carbons (Fsp3) is 0.684. The number of rotatable bonds is 7. The molecule has 0 spiro atoms. The largest absolute Gasteiger partial charge is 0.357 e. The third-order valence-corrected chi connectivity index (χ3v) is 4.70. The van der Waals surface area contributed by atoms with E-state index in [1.165, 1.54) is 25.9 Å². The SMILES string of the molecule is CCNC(=NCC(C)N1CCC(C)CC1)NCCc1ccccn1.I. The maximum atomic E-state index is 4.77. The molecule has 2 heterocycles. The molecule has 5 nitrogen and oxygen atoms in total. The van der Waals surface area contributed by atoms with Gasteiger partial charge in [0, 0.05) is 37.4 Å². The minimum Gasteiger partial charge on any atom is -0.357 e. The zero-order chi connectivity index (χ0) is 17.2. The van der Waals surface area contributed by atoms with Gasteiger partial charge in [0.05, 0.1) is 6.54 Å². The van der Waals surface area contributed by atoms with E-state index in [4.69, 9.17) is 4.99 Å². The average Bonchev–Trinajstić information content (AvgIpc) is 2.61. The summed E-state index contributed by atoms with van der Waals surface area (Å²) in [5.74, 6) is 1.79. The molecule has 6 heteroatoms. The molecule has 142 valence electrons. The Morgan fingerprint density at radius 2 is 2.08 bits per heavy atom. The molecule has 1 aliphatic rings. The lowest BCUT2D eigenvalue weighted by Crippen LogP contribution is -2.43. The van der Waals surface area contributed by atoms with Gasteiger partial charge in [-0.25, -0.2) is 0 Å². The van der Waals surface area contributed by atoms with E-state index in [2.05, 4.69) is 47.4 Å². The second-order valence-electron chi connectivity index (χ2n) is 6.78. The van der Waals surface area contributed by atoms with E-state index in [0.29, 0.717) is 6.04 Å². The summed E-state index contributed by atoms with van der Waals surface area (Å²) in [5, 5.41) is 6.75. The maximum Gasteiger partial charge on any atom is 0.191 e. The summed E-state index contributed by atoms with van der Waals surface area (Å²) in [6.07, 6.45) is 5.38. The summed E-state index contributed by atoms with van der Waals surface area (Å²) in [6, 6.07) is 6.54. The fourth-order valence-corrected chi connectivity index (χ4v) is 3.00. The van der Waals surface area contributed by atoms with Gasteiger partial charge in [0.1, 0.15) is 0 Å². The highest BCUT2D eigenvalue weighted by molar-refractivity contribution is 14.0. The summed E-state index contributed by atoms with van der Waals surface area (Å²) in [4.78, 5) is 11.7. The minimum atomic E-state index is 0. The average molecular weight is 459 g/mol. The van der Waals surface area contributed by atoms with Crippen LogP contribution in [0.1, 0.15) is 39.3 Å². The molecule has 1 saturated heterocycles. The first-order valence-electron chi connectivity index (χ1n) is 9.35. The van der Waals surface area contributed by atoms with E-state index in [0.717, 1.165) is 43.6 Å². The van der Waals surface area contributed by atoms with E-state index in [1.807, 2.05) is 18.3 Å². The van der Waals surface area contributed by atoms with Crippen LogP contribution in [0, 0.1) is 5.92 Å². The lowest BCUT2D eigenvalue weighted by Gasteiger charge is -2.34. The molecule has 1 atom stereocenters. The molecule has 0 radical (unpaired) electrons. The van der Waals surface area contributed by atoms with Gasteiger partial charge >= 0.3 is 0 Å². The molecule has 2 N–H and O–H groups in total. The van der Waals surface area contributed by atoms with Gasteiger partial charge in [0.2, 0.25) is 0 Å². The highest BCUT2D eigenvalue weighted by Crippen LogP contribution is 2.17. The fourth-order valence-electron chi connectivity index (χ4n) is 3.00. The molecule has 0 aromatic carbocycles. The van der Waals surface area contributed by atoms with Gasteiger partial charge in [-0.2, -0.15) is 0 Å². The summed E-state index contributed by atoms with van der Waals surface area (Å²) in [6.45, 7) is 11.7. The number of nitrogens with one attached hydrogen (secondary N) is 2. The lowest BCUT2D eigenvalue weighted by molar-refractivity contribution is 0.150. The van der Waals surface area contributed by atoms with Crippen molar-refractivity contribution in [1.82, 2.24) is 20.5 Å². The van der Waals surface area contributed by atoms with Crippen LogP contribution in [0.4, 0.5) is 0 Å². The van der Waals surface area contributed by atoms with Crippen LogP contribution < -0.4 is 10.6 Å². The number of likely N-dealkylation sites (tertiary alicyclic amines) is 1. The van der Waals surface area contributed by atoms with E-state index in [9.17, 15) is 0 Å². The van der Waals surface area contributed by atoms with Crippen LogP contribution in [0.25, 0.3) is 0 Å². The van der Waals surface area contributed by atoms with Crippen molar-refractivity contribution < 1.29 is 0 Å². The predicted octanol–water partition coefficient (Wildman–Crippen LogP) is 2.92. The lowest BCUT2D eigenvalue weighted by atomic mass is 9.98. The number of hydrogen-bond donors (Lipinski definition) is 2. The first-order chi connectivity index (χ1) is 11.7. The smallest absolute Gasteiger partial charge is 0.191 e. The van der Waals surface area contributed by atoms with Gasteiger partial charge in [0.25, 0.3) is 0 Å². The third kappa shape index (κ3) is 8.35. The van der Waals surface area contributed by atoms with Crippen molar-refractivity contribution >= 4 is 29.9 Å². The molecule has 1 aromatic heterocycles. The van der Waals surface area contributed by atoms with Gasteiger partial charge in [0.15, 0.2) is 5.96 Å². The van der Waals surface area contributed by atoms with Gasteiger partial charge in [-0.1, -0.05) is 13.0 Å². The molecule has 1 unspecified atom stereocenters. The van der Waals surface area contributed by atoms with Crippen LogP contribution in [0.15, 0.2) is 29.4 Å². The molecule has 0 bridgehead atoms. The van der Waals surface area contributed by atoms with Crippen molar-refractivity contribution in [3.05, 3.63) is 30.1 Å². The highest BCUT2D eigenvalue weighted by atomic mass is 127. The molecule has 1 fully saturated rings. The maximum absolute atomic E-state index is 4.77. The summed E-state index contributed by atoms with van der Waals surface area (Å²) < 4.78 is 0. The Bertz CT molecular complexity index is 486. The summed E-state index contributed by atoms with van der Waals surface area (Å²) in [7, 11) is 0. The predicted molar refractivity (Wildman–Crippen MR) is 117 cm³/mol. The first kappa shape index (κ1) is 22.2. The molecular weight excluding hydrogens is 425 g/mol. The van der Waals surface area contributed by atoms with Crippen molar-refractivity contribution in [3.63, 3.8) is 0 Å². The monoisotopic (exact) mass is 459 g/mol. The number of halogens is 1. The normalized spacial score (nSPS) is 17.6. The summed E-state index contributed by atoms with van der Waals surface area (Å²) in [5.41, 5.74) is 1.11. The molecule has 25 heavy (non-hydrogen) atoms. The number of nitrogens with zero attached hydrogens (tertiary/aromatic N) is 3. The van der Waals surface area contributed by atoms with E-state index in [-0.39, 0.29) is 24.0 Å². The summed E-state index contributed by atoms with van der Waals surface area (Å²) >= 11 is 0. The standard InChI is InChI=1S/C19H33N5.HI/c1-4-20-19(22-12-8-18-7-5-6-11-21-18)23-15-17(3)24-13-9-16(2)10-14-24;/h5-7,11,16-17H,4,8-10,12-15H2,1-3H3,(H2,20,22,23);1H. The van der Waals surface area contributed by atoms with Gasteiger partial charge in [-0.15, -0.1) is 24.0 Å². The topological polar surface area (TPSA) is 52.6 Å². The quantitative estimate of drug-likeness (QED) is 0.374.